The van der Waals surface area contributed by atoms with Crippen molar-refractivity contribution in [1.82, 2.24) is 0 Å². The zero-order valence-corrected chi connectivity index (χ0v) is 7.14. The van der Waals surface area contributed by atoms with Gasteiger partial charge in [-0.3, -0.25) is 0 Å². The molecular formula is C7H10S2. The summed E-state index contributed by atoms with van der Waals surface area (Å²) in [5.74, 6) is 0. The first-order valence-electron chi connectivity index (χ1n) is 2.95. The Bertz CT molecular complexity index is 156. The maximum atomic E-state index is 4.25. The summed E-state index contributed by atoms with van der Waals surface area (Å²) in [4.78, 5) is 2.67. The zero-order valence-electron chi connectivity index (χ0n) is 5.42. The van der Waals surface area contributed by atoms with E-state index in [2.05, 4.69) is 31.0 Å². The summed E-state index contributed by atoms with van der Waals surface area (Å²) in [5.41, 5.74) is 0. The van der Waals surface area contributed by atoms with Crippen LogP contribution in [0.2, 0.25) is 0 Å². The van der Waals surface area contributed by atoms with Crippen LogP contribution in [-0.4, -0.2) is 6.26 Å². The SMILES string of the molecule is CSC1=CC=C(S)CC1. The first-order chi connectivity index (χ1) is 4.33. The quantitative estimate of drug-likeness (QED) is 0.573. The Balaban J connectivity index is 2.59. The van der Waals surface area contributed by atoms with Gasteiger partial charge in [0.2, 0.25) is 0 Å². The predicted molar refractivity (Wildman–Crippen MR) is 47.9 cm³/mol. The van der Waals surface area contributed by atoms with Gasteiger partial charge in [0, 0.05) is 0 Å². The lowest BCUT2D eigenvalue weighted by atomic mass is 10.2. The molecule has 1 aliphatic rings. The molecule has 0 saturated heterocycles. The summed E-state index contributed by atoms with van der Waals surface area (Å²) < 4.78 is 0. The molecule has 0 aromatic carbocycles. The topological polar surface area (TPSA) is 0 Å². The Hall–Kier alpha value is 0.180. The maximum absolute atomic E-state index is 4.25. The molecule has 0 bridgehead atoms. The fourth-order valence-electron chi connectivity index (χ4n) is 0.777. The van der Waals surface area contributed by atoms with Crippen LogP contribution in [0.4, 0.5) is 0 Å². The number of hydrogen-bond donors (Lipinski definition) is 1. The van der Waals surface area contributed by atoms with Crippen LogP contribution in [0, 0.1) is 0 Å². The standard InChI is InChI=1S/C7H10S2/c1-9-7-4-2-6(8)3-5-7/h2,4,8H,3,5H2,1H3. The van der Waals surface area contributed by atoms with Crippen LogP contribution < -0.4 is 0 Å². The van der Waals surface area contributed by atoms with Crippen LogP contribution in [0.3, 0.4) is 0 Å². The molecule has 0 atom stereocenters. The van der Waals surface area contributed by atoms with Crippen molar-refractivity contribution in [2.24, 2.45) is 0 Å². The first kappa shape index (κ1) is 7.29. The van der Waals surface area contributed by atoms with Crippen molar-refractivity contribution in [2.45, 2.75) is 12.8 Å². The van der Waals surface area contributed by atoms with E-state index in [1.807, 2.05) is 11.8 Å². The Morgan fingerprint density at radius 3 is 2.67 bits per heavy atom. The summed E-state index contributed by atoms with van der Waals surface area (Å²) in [6.45, 7) is 0. The Kier molecular flexibility index (Phi) is 2.73. The highest BCUT2D eigenvalue weighted by molar-refractivity contribution is 8.02. The van der Waals surface area contributed by atoms with Gasteiger partial charge in [-0.1, -0.05) is 12.2 Å². The van der Waals surface area contributed by atoms with Crippen LogP contribution in [-0.2, 0) is 0 Å². The number of rotatable bonds is 1. The van der Waals surface area contributed by atoms with Gasteiger partial charge >= 0.3 is 0 Å². The molecule has 1 aliphatic carbocycles. The van der Waals surface area contributed by atoms with E-state index in [-0.39, 0.29) is 0 Å². The molecule has 0 unspecified atom stereocenters. The normalized spacial score (nSPS) is 18.9. The Morgan fingerprint density at radius 1 is 1.44 bits per heavy atom. The lowest BCUT2D eigenvalue weighted by molar-refractivity contribution is 1.01. The van der Waals surface area contributed by atoms with Gasteiger partial charge < -0.3 is 0 Å². The minimum atomic E-state index is 1.12. The number of thiol groups is 1. The molecule has 1 rings (SSSR count). The molecule has 0 radical (unpaired) electrons. The van der Waals surface area contributed by atoms with E-state index in [9.17, 15) is 0 Å². The third-order valence-electron chi connectivity index (χ3n) is 1.35. The lowest BCUT2D eigenvalue weighted by Gasteiger charge is -2.07. The fraction of sp³-hybridized carbons (Fsp3) is 0.429. The van der Waals surface area contributed by atoms with Crippen molar-refractivity contribution >= 4 is 24.4 Å². The van der Waals surface area contributed by atoms with Crippen molar-refractivity contribution in [3.8, 4) is 0 Å². The van der Waals surface area contributed by atoms with E-state index < -0.39 is 0 Å². The maximum Gasteiger partial charge on any atom is -0.0140 e. The number of allylic oxidation sites excluding steroid dienone is 4. The van der Waals surface area contributed by atoms with Gasteiger partial charge in [0.05, 0.1) is 0 Å². The molecule has 0 fully saturated rings. The summed E-state index contributed by atoms with van der Waals surface area (Å²) >= 11 is 6.08. The van der Waals surface area contributed by atoms with E-state index in [4.69, 9.17) is 0 Å². The first-order valence-corrected chi connectivity index (χ1v) is 4.63. The monoisotopic (exact) mass is 158 g/mol. The zero-order chi connectivity index (χ0) is 6.69. The van der Waals surface area contributed by atoms with Gasteiger partial charge in [-0.15, -0.1) is 24.4 Å². The van der Waals surface area contributed by atoms with Crippen LogP contribution in [0.25, 0.3) is 0 Å². The summed E-state index contributed by atoms with van der Waals surface area (Å²) in [5, 5.41) is 0. The van der Waals surface area contributed by atoms with Gasteiger partial charge in [0.15, 0.2) is 0 Å². The van der Waals surface area contributed by atoms with Gasteiger partial charge in [0.25, 0.3) is 0 Å². The predicted octanol–water partition coefficient (Wildman–Crippen LogP) is 2.84. The molecule has 0 saturated carbocycles. The van der Waals surface area contributed by atoms with E-state index in [0.29, 0.717) is 0 Å². The van der Waals surface area contributed by atoms with Crippen molar-refractivity contribution in [1.29, 1.82) is 0 Å². The smallest absolute Gasteiger partial charge is 0.0140 e. The molecule has 0 aliphatic heterocycles. The van der Waals surface area contributed by atoms with Crippen LogP contribution in [0.1, 0.15) is 12.8 Å². The second-order valence-corrected chi connectivity index (χ2v) is 3.50. The van der Waals surface area contributed by atoms with Crippen molar-refractivity contribution in [3.63, 3.8) is 0 Å². The molecule has 0 aromatic heterocycles. The molecule has 0 aromatic rings. The summed E-state index contributed by atoms with van der Waals surface area (Å²) in [6.07, 6.45) is 8.64. The lowest BCUT2D eigenvalue weighted by Crippen LogP contribution is -1.84. The Morgan fingerprint density at radius 2 is 2.22 bits per heavy atom. The molecule has 0 nitrogen and oxygen atoms in total. The van der Waals surface area contributed by atoms with Crippen molar-refractivity contribution in [2.75, 3.05) is 6.26 Å². The van der Waals surface area contributed by atoms with Gasteiger partial charge in [-0.05, 0) is 28.9 Å². The molecule has 50 valence electrons. The molecule has 9 heavy (non-hydrogen) atoms. The largest absolute Gasteiger partial charge is 0.148 e. The van der Waals surface area contributed by atoms with Crippen molar-refractivity contribution in [3.05, 3.63) is 22.0 Å². The van der Waals surface area contributed by atoms with Crippen LogP contribution >= 0.6 is 24.4 Å². The van der Waals surface area contributed by atoms with E-state index in [0.717, 1.165) is 6.42 Å². The summed E-state index contributed by atoms with van der Waals surface area (Å²) in [6, 6.07) is 0. The van der Waals surface area contributed by atoms with Crippen molar-refractivity contribution < 1.29 is 0 Å². The third kappa shape index (κ3) is 2.11. The highest BCUT2D eigenvalue weighted by Crippen LogP contribution is 2.26. The summed E-state index contributed by atoms with van der Waals surface area (Å²) in [7, 11) is 0. The molecule has 0 heterocycles. The number of thioether (sulfide) groups is 1. The van der Waals surface area contributed by atoms with Gasteiger partial charge in [-0.2, -0.15) is 0 Å². The molecule has 0 N–H and O–H groups in total. The van der Waals surface area contributed by atoms with Gasteiger partial charge in [-0.25, -0.2) is 0 Å². The molecule has 2 heteroatoms. The Labute approximate surface area is 65.8 Å². The minimum absolute atomic E-state index is 1.12. The molecular weight excluding hydrogens is 148 g/mol. The highest BCUT2D eigenvalue weighted by atomic mass is 32.2. The minimum Gasteiger partial charge on any atom is -0.148 e. The van der Waals surface area contributed by atoms with E-state index in [1.165, 1.54) is 16.2 Å². The fourth-order valence-corrected chi connectivity index (χ4v) is 1.47. The second kappa shape index (κ2) is 3.37. The average Bonchev–Trinajstić information content (AvgIpc) is 1.90. The number of hydrogen-bond acceptors (Lipinski definition) is 2. The van der Waals surface area contributed by atoms with Gasteiger partial charge in [0.1, 0.15) is 0 Å². The van der Waals surface area contributed by atoms with E-state index >= 15 is 0 Å². The highest BCUT2D eigenvalue weighted by Gasteiger charge is 2.00. The van der Waals surface area contributed by atoms with Crippen LogP contribution in [0.15, 0.2) is 22.0 Å². The molecule has 0 spiro atoms. The van der Waals surface area contributed by atoms with E-state index in [1.54, 1.807) is 0 Å². The third-order valence-corrected chi connectivity index (χ3v) is 2.59. The molecule has 0 amide bonds. The average molecular weight is 158 g/mol. The van der Waals surface area contributed by atoms with Crippen LogP contribution in [0.5, 0.6) is 0 Å². The second-order valence-electron chi connectivity index (χ2n) is 2.00.